The maximum atomic E-state index is 9.33. The summed E-state index contributed by atoms with van der Waals surface area (Å²) >= 11 is 0. The molecule has 1 heteroatoms. The summed E-state index contributed by atoms with van der Waals surface area (Å²) in [7, 11) is 0. The summed E-state index contributed by atoms with van der Waals surface area (Å²) in [6.45, 7) is 7.80. The molecule has 0 aromatic heterocycles. The number of aliphatic hydroxyl groups is 1. The highest BCUT2D eigenvalue weighted by molar-refractivity contribution is 4.96. The molecule has 10 heavy (non-hydrogen) atoms. The van der Waals surface area contributed by atoms with E-state index < -0.39 is 5.60 Å². The molecule has 0 aromatic rings. The average molecular weight is 142 g/mol. The molecule has 0 aromatic carbocycles. The zero-order chi connectivity index (χ0) is 8.20. The van der Waals surface area contributed by atoms with Crippen LogP contribution < -0.4 is 0 Å². The van der Waals surface area contributed by atoms with E-state index in [2.05, 4.69) is 13.0 Å². The Bertz CT molecular complexity index is 117. The van der Waals surface area contributed by atoms with Gasteiger partial charge in [-0.25, -0.2) is 0 Å². The summed E-state index contributed by atoms with van der Waals surface area (Å²) in [5, 5.41) is 9.33. The molecular formula is C9H18O. The fourth-order valence-electron chi connectivity index (χ4n) is 0.647. The molecule has 0 spiro atoms. The van der Waals surface area contributed by atoms with E-state index in [0.717, 1.165) is 12.8 Å². The lowest BCUT2D eigenvalue weighted by Gasteiger charge is -2.16. The predicted octanol–water partition coefficient (Wildman–Crippen LogP) is 2.50. The Morgan fingerprint density at radius 3 is 2.30 bits per heavy atom. The van der Waals surface area contributed by atoms with Crippen LogP contribution in [0.2, 0.25) is 0 Å². The Kier molecular flexibility index (Phi) is 3.66. The molecule has 0 radical (unpaired) electrons. The van der Waals surface area contributed by atoms with E-state index in [9.17, 15) is 5.11 Å². The first-order chi connectivity index (χ1) is 4.45. The van der Waals surface area contributed by atoms with Crippen molar-refractivity contribution in [1.29, 1.82) is 0 Å². The van der Waals surface area contributed by atoms with E-state index in [0.29, 0.717) is 0 Å². The van der Waals surface area contributed by atoms with Gasteiger partial charge in [-0.2, -0.15) is 0 Å². The van der Waals surface area contributed by atoms with E-state index >= 15 is 0 Å². The summed E-state index contributed by atoms with van der Waals surface area (Å²) in [5.41, 5.74) is 0.840. The van der Waals surface area contributed by atoms with Crippen molar-refractivity contribution in [2.75, 3.05) is 0 Å². The molecule has 0 aliphatic carbocycles. The van der Waals surface area contributed by atoms with Gasteiger partial charge in [0.25, 0.3) is 0 Å². The fourth-order valence-corrected chi connectivity index (χ4v) is 0.647. The number of rotatable bonds is 3. The monoisotopic (exact) mass is 142 g/mol. The Hall–Kier alpha value is -0.300. The molecule has 0 saturated carbocycles. The zero-order valence-corrected chi connectivity index (χ0v) is 7.44. The van der Waals surface area contributed by atoms with Crippen molar-refractivity contribution in [3.8, 4) is 0 Å². The van der Waals surface area contributed by atoms with Crippen LogP contribution >= 0.6 is 0 Å². The van der Waals surface area contributed by atoms with Crippen LogP contribution in [0.25, 0.3) is 0 Å². The van der Waals surface area contributed by atoms with E-state index in [4.69, 9.17) is 0 Å². The molecule has 0 amide bonds. The molecule has 0 rings (SSSR count). The summed E-state index contributed by atoms with van der Waals surface area (Å²) in [5.74, 6) is 0. The number of hydrogen-bond acceptors (Lipinski definition) is 1. The number of hydrogen-bond donors (Lipinski definition) is 1. The van der Waals surface area contributed by atoms with Crippen LogP contribution in [0, 0.1) is 0 Å². The van der Waals surface area contributed by atoms with E-state index in [-0.39, 0.29) is 0 Å². The molecule has 0 aliphatic rings. The molecule has 0 atom stereocenters. The molecule has 0 aliphatic heterocycles. The largest absolute Gasteiger partial charge is 0.390 e. The lowest BCUT2D eigenvalue weighted by Crippen LogP contribution is -2.17. The van der Waals surface area contributed by atoms with Crippen molar-refractivity contribution in [2.24, 2.45) is 0 Å². The molecule has 0 saturated heterocycles. The van der Waals surface area contributed by atoms with E-state index in [1.807, 2.05) is 20.8 Å². The SMILES string of the molecule is C/C=C(\C)CCC(C)(C)O. The molecule has 0 bridgehead atoms. The van der Waals surface area contributed by atoms with Crippen LogP contribution in [0.5, 0.6) is 0 Å². The van der Waals surface area contributed by atoms with Crippen LogP contribution in [0.1, 0.15) is 40.5 Å². The summed E-state index contributed by atoms with van der Waals surface area (Å²) in [6, 6.07) is 0. The quantitative estimate of drug-likeness (QED) is 0.600. The minimum absolute atomic E-state index is 0.510. The lowest BCUT2D eigenvalue weighted by atomic mass is 10.00. The van der Waals surface area contributed by atoms with Gasteiger partial charge in [0.05, 0.1) is 5.60 Å². The average Bonchev–Trinajstić information content (AvgIpc) is 1.81. The van der Waals surface area contributed by atoms with Gasteiger partial charge < -0.3 is 5.11 Å². The first-order valence-corrected chi connectivity index (χ1v) is 3.80. The van der Waals surface area contributed by atoms with Gasteiger partial charge in [-0.1, -0.05) is 11.6 Å². The summed E-state index contributed by atoms with van der Waals surface area (Å²) < 4.78 is 0. The van der Waals surface area contributed by atoms with Crippen LogP contribution in [-0.2, 0) is 0 Å². The van der Waals surface area contributed by atoms with Crippen LogP contribution in [0.3, 0.4) is 0 Å². The van der Waals surface area contributed by atoms with Crippen molar-refractivity contribution < 1.29 is 5.11 Å². The third kappa shape index (κ3) is 5.83. The van der Waals surface area contributed by atoms with Crippen LogP contribution in [-0.4, -0.2) is 10.7 Å². The van der Waals surface area contributed by atoms with Gasteiger partial charge >= 0.3 is 0 Å². The highest BCUT2D eigenvalue weighted by Gasteiger charge is 2.10. The summed E-state index contributed by atoms with van der Waals surface area (Å²) in [6.07, 6.45) is 3.94. The molecule has 0 fully saturated rings. The van der Waals surface area contributed by atoms with Gasteiger partial charge in [0.15, 0.2) is 0 Å². The molecule has 1 nitrogen and oxygen atoms in total. The minimum Gasteiger partial charge on any atom is -0.390 e. The molecular weight excluding hydrogens is 124 g/mol. The van der Waals surface area contributed by atoms with Gasteiger partial charge in [-0.3, -0.25) is 0 Å². The molecule has 1 N–H and O–H groups in total. The van der Waals surface area contributed by atoms with Crippen LogP contribution in [0.4, 0.5) is 0 Å². The highest BCUT2D eigenvalue weighted by atomic mass is 16.3. The molecule has 0 heterocycles. The van der Waals surface area contributed by atoms with Gasteiger partial charge in [-0.15, -0.1) is 0 Å². The Morgan fingerprint density at radius 1 is 1.50 bits per heavy atom. The highest BCUT2D eigenvalue weighted by Crippen LogP contribution is 2.14. The lowest BCUT2D eigenvalue weighted by molar-refractivity contribution is 0.0714. The standard InChI is InChI=1S/C9H18O/c1-5-8(2)6-7-9(3,4)10/h5,10H,6-7H2,1-4H3/b8-5+. The third-order valence-electron chi connectivity index (χ3n) is 1.62. The summed E-state index contributed by atoms with van der Waals surface area (Å²) in [4.78, 5) is 0. The maximum Gasteiger partial charge on any atom is 0.0594 e. The molecule has 60 valence electrons. The van der Waals surface area contributed by atoms with Gasteiger partial charge in [0.2, 0.25) is 0 Å². The van der Waals surface area contributed by atoms with Gasteiger partial charge in [0.1, 0.15) is 0 Å². The Morgan fingerprint density at radius 2 is 2.00 bits per heavy atom. The topological polar surface area (TPSA) is 20.2 Å². The second-order valence-corrected chi connectivity index (χ2v) is 3.45. The van der Waals surface area contributed by atoms with Crippen molar-refractivity contribution >= 4 is 0 Å². The van der Waals surface area contributed by atoms with E-state index in [1.54, 1.807) is 0 Å². The molecule has 0 unspecified atom stereocenters. The van der Waals surface area contributed by atoms with Crippen LogP contribution in [0.15, 0.2) is 11.6 Å². The van der Waals surface area contributed by atoms with Crippen molar-refractivity contribution in [3.05, 3.63) is 11.6 Å². The third-order valence-corrected chi connectivity index (χ3v) is 1.62. The number of allylic oxidation sites excluding steroid dienone is 2. The predicted molar refractivity (Wildman–Crippen MR) is 45.0 cm³/mol. The second kappa shape index (κ2) is 3.77. The normalized spacial score (nSPS) is 13.9. The van der Waals surface area contributed by atoms with Crippen molar-refractivity contribution in [2.45, 2.75) is 46.1 Å². The first-order valence-electron chi connectivity index (χ1n) is 3.80. The fraction of sp³-hybridized carbons (Fsp3) is 0.778. The maximum absolute atomic E-state index is 9.33. The van der Waals surface area contributed by atoms with Crippen molar-refractivity contribution in [1.82, 2.24) is 0 Å². The Balaban J connectivity index is 3.56. The van der Waals surface area contributed by atoms with E-state index in [1.165, 1.54) is 5.57 Å². The smallest absolute Gasteiger partial charge is 0.0594 e. The van der Waals surface area contributed by atoms with Crippen molar-refractivity contribution in [3.63, 3.8) is 0 Å². The zero-order valence-electron chi connectivity index (χ0n) is 7.44. The minimum atomic E-state index is -0.510. The van der Waals surface area contributed by atoms with Gasteiger partial charge in [-0.05, 0) is 40.5 Å². The first kappa shape index (κ1) is 9.70. The Labute approximate surface area is 63.8 Å². The van der Waals surface area contributed by atoms with Gasteiger partial charge in [0, 0.05) is 0 Å². The second-order valence-electron chi connectivity index (χ2n) is 3.45.